The lowest BCUT2D eigenvalue weighted by Crippen LogP contribution is -2.26. The Labute approximate surface area is 172 Å². The third-order valence-corrected chi connectivity index (χ3v) is 5.18. The molecule has 0 amide bonds. The summed E-state index contributed by atoms with van der Waals surface area (Å²) in [5.74, 6) is -1.95. The molecular formula is C21H24F3N3O3. The first-order valence-corrected chi connectivity index (χ1v) is 9.68. The zero-order valence-electron chi connectivity index (χ0n) is 16.8. The van der Waals surface area contributed by atoms with Crippen molar-refractivity contribution in [1.82, 2.24) is 15.3 Å². The van der Waals surface area contributed by atoms with E-state index in [1.54, 1.807) is 0 Å². The molecule has 0 aromatic carbocycles. The van der Waals surface area contributed by atoms with Gasteiger partial charge in [-0.15, -0.1) is 0 Å². The largest absolute Gasteiger partial charge is 0.490 e. The maximum Gasteiger partial charge on any atom is 0.490 e. The summed E-state index contributed by atoms with van der Waals surface area (Å²) < 4.78 is 37.5. The van der Waals surface area contributed by atoms with E-state index in [0.717, 1.165) is 31.0 Å². The van der Waals surface area contributed by atoms with Crippen molar-refractivity contribution in [3.8, 4) is 5.88 Å². The average molecular weight is 423 g/mol. The molecule has 2 aliphatic rings. The summed E-state index contributed by atoms with van der Waals surface area (Å²) >= 11 is 0. The number of carboxylic acid groups (broad SMARTS) is 1. The Balaban J connectivity index is 0.000000318. The van der Waals surface area contributed by atoms with Crippen molar-refractivity contribution in [2.75, 3.05) is 6.61 Å². The van der Waals surface area contributed by atoms with Crippen molar-refractivity contribution in [2.45, 2.75) is 57.3 Å². The van der Waals surface area contributed by atoms with Crippen LogP contribution in [0.2, 0.25) is 0 Å². The molecule has 0 spiro atoms. The average Bonchev–Trinajstić information content (AvgIpc) is 3.00. The van der Waals surface area contributed by atoms with E-state index >= 15 is 0 Å². The van der Waals surface area contributed by atoms with Crippen LogP contribution in [-0.4, -0.2) is 33.8 Å². The van der Waals surface area contributed by atoms with Crippen LogP contribution in [0.4, 0.5) is 13.2 Å². The number of carboxylic acids is 1. The van der Waals surface area contributed by atoms with Crippen LogP contribution in [0.1, 0.15) is 55.2 Å². The fourth-order valence-corrected chi connectivity index (χ4v) is 3.56. The Morgan fingerprint density at radius 3 is 2.77 bits per heavy atom. The van der Waals surface area contributed by atoms with Gasteiger partial charge in [0.05, 0.1) is 24.0 Å². The minimum absolute atomic E-state index is 0.0700. The Morgan fingerprint density at radius 1 is 1.33 bits per heavy atom. The molecule has 30 heavy (non-hydrogen) atoms. The number of pyridine rings is 2. The van der Waals surface area contributed by atoms with E-state index < -0.39 is 12.1 Å². The fourth-order valence-electron chi connectivity index (χ4n) is 3.56. The molecule has 0 saturated heterocycles. The molecule has 1 atom stereocenters. The second-order valence-electron chi connectivity index (χ2n) is 8.00. The van der Waals surface area contributed by atoms with Crippen LogP contribution in [0, 0.1) is 0 Å². The number of fused-ring (bicyclic) bond motifs is 2. The van der Waals surface area contributed by atoms with Gasteiger partial charge in [-0.3, -0.25) is 4.98 Å². The van der Waals surface area contributed by atoms with E-state index in [9.17, 15) is 13.2 Å². The van der Waals surface area contributed by atoms with Gasteiger partial charge in [-0.1, -0.05) is 26.0 Å². The van der Waals surface area contributed by atoms with Gasteiger partial charge in [0, 0.05) is 23.7 Å². The van der Waals surface area contributed by atoms with Crippen molar-refractivity contribution in [2.24, 2.45) is 0 Å². The molecular weight excluding hydrogens is 399 g/mol. The Morgan fingerprint density at radius 2 is 2.07 bits per heavy atom. The molecule has 0 radical (unpaired) electrons. The molecule has 2 aromatic rings. The third-order valence-electron chi connectivity index (χ3n) is 5.18. The van der Waals surface area contributed by atoms with E-state index in [-0.39, 0.29) is 5.41 Å². The lowest BCUT2D eigenvalue weighted by atomic mass is 9.88. The molecule has 0 fully saturated rings. The second-order valence-corrected chi connectivity index (χ2v) is 8.00. The van der Waals surface area contributed by atoms with Crippen LogP contribution in [-0.2, 0) is 23.2 Å². The van der Waals surface area contributed by atoms with E-state index in [1.165, 1.54) is 23.2 Å². The fraction of sp³-hybridized carbons (Fsp3) is 0.476. The van der Waals surface area contributed by atoms with Crippen molar-refractivity contribution < 1.29 is 27.8 Å². The lowest BCUT2D eigenvalue weighted by Gasteiger charge is -2.25. The van der Waals surface area contributed by atoms with E-state index in [0.29, 0.717) is 12.6 Å². The Hall–Kier alpha value is -2.68. The SMILES string of the molecule is CC1(C)COc2nc(CNC3CCCc4cccnc43)ccc21.O=C(O)C(F)(F)F. The maximum absolute atomic E-state index is 10.6. The number of halogens is 3. The second kappa shape index (κ2) is 8.59. The van der Waals surface area contributed by atoms with Crippen LogP contribution in [0.3, 0.4) is 0 Å². The van der Waals surface area contributed by atoms with Gasteiger partial charge in [-0.2, -0.15) is 13.2 Å². The first-order chi connectivity index (χ1) is 14.1. The molecule has 1 aliphatic carbocycles. The van der Waals surface area contributed by atoms with Gasteiger partial charge < -0.3 is 15.2 Å². The van der Waals surface area contributed by atoms with Gasteiger partial charge in [-0.05, 0) is 37.0 Å². The molecule has 6 nitrogen and oxygen atoms in total. The number of aromatic nitrogens is 2. The predicted octanol–water partition coefficient (Wildman–Crippen LogP) is 3.95. The zero-order chi connectivity index (χ0) is 21.9. The monoisotopic (exact) mass is 423 g/mol. The number of rotatable bonds is 3. The minimum Gasteiger partial charge on any atom is -0.477 e. The molecule has 162 valence electrons. The van der Waals surface area contributed by atoms with Crippen molar-refractivity contribution in [1.29, 1.82) is 0 Å². The van der Waals surface area contributed by atoms with Gasteiger partial charge in [-0.25, -0.2) is 9.78 Å². The number of aliphatic carboxylic acids is 1. The number of alkyl halides is 3. The van der Waals surface area contributed by atoms with Crippen LogP contribution in [0.5, 0.6) is 5.88 Å². The highest BCUT2D eigenvalue weighted by molar-refractivity contribution is 5.73. The van der Waals surface area contributed by atoms with Crippen molar-refractivity contribution in [3.63, 3.8) is 0 Å². The van der Waals surface area contributed by atoms with Crippen LogP contribution in [0.25, 0.3) is 0 Å². The number of carbonyl (C=O) groups is 1. The first kappa shape index (κ1) is 22.0. The molecule has 0 saturated carbocycles. The molecule has 4 rings (SSSR count). The van der Waals surface area contributed by atoms with Crippen molar-refractivity contribution >= 4 is 5.97 Å². The quantitative estimate of drug-likeness (QED) is 0.778. The maximum atomic E-state index is 10.6. The Kier molecular flexibility index (Phi) is 6.30. The number of aryl methyl sites for hydroxylation is 1. The number of nitrogens with one attached hydrogen (secondary N) is 1. The minimum atomic E-state index is -5.08. The summed E-state index contributed by atoms with van der Waals surface area (Å²) in [5.41, 5.74) is 4.90. The summed E-state index contributed by atoms with van der Waals surface area (Å²) in [6, 6.07) is 8.83. The number of hydrogen-bond donors (Lipinski definition) is 2. The molecule has 0 bridgehead atoms. The molecule has 2 N–H and O–H groups in total. The van der Waals surface area contributed by atoms with E-state index in [4.69, 9.17) is 14.6 Å². The highest BCUT2D eigenvalue weighted by atomic mass is 19.4. The molecule has 9 heteroatoms. The van der Waals surface area contributed by atoms with Crippen LogP contribution in [0.15, 0.2) is 30.5 Å². The predicted molar refractivity (Wildman–Crippen MR) is 103 cm³/mol. The van der Waals surface area contributed by atoms with E-state index in [1.807, 2.05) is 12.3 Å². The summed E-state index contributed by atoms with van der Waals surface area (Å²) in [4.78, 5) is 18.2. The van der Waals surface area contributed by atoms with Gasteiger partial charge in [0.15, 0.2) is 0 Å². The highest BCUT2D eigenvalue weighted by Crippen LogP contribution is 2.37. The number of nitrogens with zero attached hydrogens (tertiary/aromatic N) is 2. The lowest BCUT2D eigenvalue weighted by molar-refractivity contribution is -0.192. The topological polar surface area (TPSA) is 84.3 Å². The van der Waals surface area contributed by atoms with Gasteiger partial charge >= 0.3 is 12.1 Å². The first-order valence-electron chi connectivity index (χ1n) is 9.68. The van der Waals surface area contributed by atoms with Crippen LogP contribution >= 0.6 is 0 Å². The third kappa shape index (κ3) is 5.08. The zero-order valence-corrected chi connectivity index (χ0v) is 16.8. The molecule has 1 unspecified atom stereocenters. The summed E-state index contributed by atoms with van der Waals surface area (Å²) in [6.45, 7) is 5.86. The molecule has 3 heterocycles. The summed E-state index contributed by atoms with van der Waals surface area (Å²) in [7, 11) is 0. The normalized spacial score (nSPS) is 19.0. The smallest absolute Gasteiger partial charge is 0.477 e. The molecule has 1 aliphatic heterocycles. The number of hydrogen-bond acceptors (Lipinski definition) is 5. The standard InChI is InChI=1S/C19H23N3O.C2HF3O2/c1-19(2)12-23-18-15(19)9-8-14(22-18)11-21-16-7-3-5-13-6-4-10-20-17(13)16;3-2(4,5)1(6)7/h4,6,8-10,16,21H,3,5,7,11-12H2,1-2H3;(H,6,7). The summed E-state index contributed by atoms with van der Waals surface area (Å²) in [5, 5.41) is 10.8. The van der Waals surface area contributed by atoms with E-state index in [2.05, 4.69) is 47.3 Å². The Bertz CT molecular complexity index is 916. The van der Waals surface area contributed by atoms with Gasteiger partial charge in [0.2, 0.25) is 5.88 Å². The van der Waals surface area contributed by atoms with Gasteiger partial charge in [0.1, 0.15) is 0 Å². The van der Waals surface area contributed by atoms with Gasteiger partial charge in [0.25, 0.3) is 0 Å². The number of ether oxygens (including phenoxy) is 1. The van der Waals surface area contributed by atoms with Crippen LogP contribution < -0.4 is 10.1 Å². The summed E-state index contributed by atoms with van der Waals surface area (Å²) in [6.07, 6.45) is 0.299. The molecule has 2 aromatic heterocycles. The van der Waals surface area contributed by atoms with Crippen molar-refractivity contribution in [3.05, 3.63) is 53.0 Å². The highest BCUT2D eigenvalue weighted by Gasteiger charge is 2.38.